The van der Waals surface area contributed by atoms with E-state index in [2.05, 4.69) is 29.5 Å². The molecule has 1 aromatic carbocycles. The molecular formula is C21H37N3O4S. The molecular weight excluding hydrogens is 390 g/mol. The lowest BCUT2D eigenvalue weighted by molar-refractivity contribution is 0.108. The number of hydrogen-bond acceptors (Lipinski definition) is 5. The van der Waals surface area contributed by atoms with Crippen LogP contribution in [0.25, 0.3) is 0 Å². The summed E-state index contributed by atoms with van der Waals surface area (Å²) in [5.41, 5.74) is 0.881. The van der Waals surface area contributed by atoms with Crippen molar-refractivity contribution < 1.29 is 17.9 Å². The molecule has 0 fully saturated rings. The number of anilines is 1. The number of rotatable bonds is 13. The highest BCUT2D eigenvalue weighted by molar-refractivity contribution is 7.90. The van der Waals surface area contributed by atoms with E-state index in [0.29, 0.717) is 38.0 Å². The molecule has 0 aliphatic carbocycles. The Morgan fingerprint density at radius 3 is 2.38 bits per heavy atom. The molecule has 29 heavy (non-hydrogen) atoms. The molecule has 0 aliphatic rings. The van der Waals surface area contributed by atoms with Gasteiger partial charge in [0.05, 0.1) is 11.9 Å². The topological polar surface area (TPSA) is 89.0 Å². The fourth-order valence-electron chi connectivity index (χ4n) is 2.38. The van der Waals surface area contributed by atoms with Crippen molar-refractivity contribution in [2.24, 2.45) is 10.9 Å². The summed E-state index contributed by atoms with van der Waals surface area (Å²) in [5.74, 6) is 2.10. The maximum absolute atomic E-state index is 11.3. The molecule has 0 spiro atoms. The van der Waals surface area contributed by atoms with Gasteiger partial charge in [0.25, 0.3) is 0 Å². The zero-order valence-corrected chi connectivity index (χ0v) is 19.2. The molecule has 0 saturated heterocycles. The quantitative estimate of drug-likeness (QED) is 0.285. The van der Waals surface area contributed by atoms with Gasteiger partial charge in [-0.15, -0.1) is 0 Å². The lowest BCUT2D eigenvalue weighted by atomic mass is 10.2. The molecule has 166 valence electrons. The van der Waals surface area contributed by atoms with Gasteiger partial charge in [-0.05, 0) is 56.9 Å². The zero-order valence-electron chi connectivity index (χ0n) is 18.4. The van der Waals surface area contributed by atoms with Gasteiger partial charge in [-0.1, -0.05) is 13.8 Å². The molecule has 0 saturated carbocycles. The van der Waals surface area contributed by atoms with Crippen LogP contribution in [0.2, 0.25) is 0 Å². The zero-order chi connectivity index (χ0) is 21.7. The number of benzene rings is 1. The summed E-state index contributed by atoms with van der Waals surface area (Å²) in [5, 5.41) is 6.54. The number of nitrogens with one attached hydrogen (secondary N) is 2. The monoisotopic (exact) mass is 427 g/mol. The Morgan fingerprint density at radius 1 is 1.10 bits per heavy atom. The van der Waals surface area contributed by atoms with E-state index in [1.54, 1.807) is 0 Å². The number of aliphatic imine (C=N–C) groups is 1. The first-order valence-electron chi connectivity index (χ1n) is 10.2. The van der Waals surface area contributed by atoms with Gasteiger partial charge in [-0.2, -0.15) is 0 Å². The molecule has 2 N–H and O–H groups in total. The van der Waals surface area contributed by atoms with Crippen LogP contribution in [0.5, 0.6) is 5.75 Å². The Balaban J connectivity index is 2.58. The summed E-state index contributed by atoms with van der Waals surface area (Å²) in [7, 11) is -2.97. The van der Waals surface area contributed by atoms with Crippen molar-refractivity contribution in [2.75, 3.05) is 43.6 Å². The summed E-state index contributed by atoms with van der Waals surface area (Å²) in [4.78, 5) is 4.50. The second-order valence-electron chi connectivity index (χ2n) is 7.78. The van der Waals surface area contributed by atoms with Gasteiger partial charge in [0.1, 0.15) is 15.6 Å². The van der Waals surface area contributed by atoms with Crippen LogP contribution in [-0.4, -0.2) is 58.8 Å². The van der Waals surface area contributed by atoms with E-state index in [4.69, 9.17) is 9.47 Å². The van der Waals surface area contributed by atoms with E-state index in [-0.39, 0.29) is 11.9 Å². The number of ether oxygens (including phenoxy) is 2. The molecule has 7 nitrogen and oxygen atoms in total. The lowest BCUT2D eigenvalue weighted by Crippen LogP contribution is -2.32. The van der Waals surface area contributed by atoms with E-state index in [1.807, 2.05) is 38.1 Å². The van der Waals surface area contributed by atoms with Gasteiger partial charge < -0.3 is 20.1 Å². The Labute approximate surface area is 176 Å². The van der Waals surface area contributed by atoms with E-state index in [0.717, 1.165) is 24.5 Å². The van der Waals surface area contributed by atoms with Gasteiger partial charge in [0.2, 0.25) is 0 Å². The molecule has 0 radical (unpaired) electrons. The van der Waals surface area contributed by atoms with Crippen molar-refractivity contribution in [1.29, 1.82) is 0 Å². The maximum atomic E-state index is 11.3. The maximum Gasteiger partial charge on any atom is 0.195 e. The van der Waals surface area contributed by atoms with Crippen LogP contribution in [0, 0.1) is 5.92 Å². The summed E-state index contributed by atoms with van der Waals surface area (Å²) in [6.45, 7) is 10.8. The summed E-state index contributed by atoms with van der Waals surface area (Å²) >= 11 is 0. The smallest absolute Gasteiger partial charge is 0.195 e. The van der Waals surface area contributed by atoms with Gasteiger partial charge in [0.15, 0.2) is 5.96 Å². The fraction of sp³-hybridized carbons (Fsp3) is 0.667. The minimum absolute atomic E-state index is 0.125. The highest BCUT2D eigenvalue weighted by Crippen LogP contribution is 2.16. The van der Waals surface area contributed by atoms with Crippen molar-refractivity contribution in [3.05, 3.63) is 24.3 Å². The lowest BCUT2D eigenvalue weighted by Gasteiger charge is -2.14. The highest BCUT2D eigenvalue weighted by Gasteiger charge is 2.04. The number of nitrogens with zero attached hydrogens (tertiary/aromatic N) is 1. The first-order chi connectivity index (χ1) is 13.7. The molecule has 0 unspecified atom stereocenters. The molecule has 8 heteroatoms. The third kappa shape index (κ3) is 13.9. The molecule has 0 heterocycles. The second kappa shape index (κ2) is 13.4. The number of hydrogen-bond donors (Lipinski definition) is 2. The second-order valence-corrected chi connectivity index (χ2v) is 10.0. The number of guanidine groups is 1. The Kier molecular flexibility index (Phi) is 11.7. The third-order valence-corrected chi connectivity index (χ3v) is 4.67. The molecule has 0 amide bonds. The van der Waals surface area contributed by atoms with Crippen molar-refractivity contribution >= 4 is 21.5 Å². The van der Waals surface area contributed by atoms with Crippen molar-refractivity contribution in [2.45, 2.75) is 46.6 Å². The van der Waals surface area contributed by atoms with Gasteiger partial charge in [-0.3, -0.25) is 4.99 Å². The number of sulfone groups is 1. The molecule has 1 aromatic rings. The van der Waals surface area contributed by atoms with Crippen LogP contribution in [0.3, 0.4) is 0 Å². The predicted octanol–water partition coefficient (Wildman–Crippen LogP) is 3.33. The molecule has 0 bridgehead atoms. The van der Waals surface area contributed by atoms with E-state index < -0.39 is 9.84 Å². The minimum atomic E-state index is -2.97. The first-order valence-corrected chi connectivity index (χ1v) is 12.3. The fourth-order valence-corrected chi connectivity index (χ4v) is 3.04. The van der Waals surface area contributed by atoms with Crippen LogP contribution in [0.15, 0.2) is 29.3 Å². The average Bonchev–Trinajstić information content (AvgIpc) is 2.61. The molecule has 0 atom stereocenters. The average molecular weight is 428 g/mol. The van der Waals surface area contributed by atoms with Crippen molar-refractivity contribution in [3.63, 3.8) is 0 Å². The molecule has 1 rings (SSSR count). The van der Waals surface area contributed by atoms with Crippen LogP contribution in [0.1, 0.15) is 40.5 Å². The largest absolute Gasteiger partial charge is 0.491 e. The Morgan fingerprint density at radius 2 is 1.79 bits per heavy atom. The van der Waals surface area contributed by atoms with Crippen molar-refractivity contribution in [3.8, 4) is 5.75 Å². The van der Waals surface area contributed by atoms with Crippen LogP contribution >= 0.6 is 0 Å². The SMILES string of the molecule is CC(C)COCCCNC(=NCCCS(C)(=O)=O)Nc1ccc(OC(C)C)cc1. The first kappa shape index (κ1) is 25.2. The van der Waals surface area contributed by atoms with Crippen molar-refractivity contribution in [1.82, 2.24) is 5.32 Å². The van der Waals surface area contributed by atoms with Crippen LogP contribution in [-0.2, 0) is 14.6 Å². The van der Waals surface area contributed by atoms with Crippen LogP contribution < -0.4 is 15.4 Å². The van der Waals surface area contributed by atoms with Gasteiger partial charge >= 0.3 is 0 Å². The molecule has 0 aromatic heterocycles. The van der Waals surface area contributed by atoms with Gasteiger partial charge in [0, 0.05) is 38.2 Å². The Hall–Kier alpha value is -1.80. The molecule has 0 aliphatic heterocycles. The standard InChI is InChI=1S/C21H37N3O4S/c1-17(2)16-27-14-6-12-22-21(23-13-7-15-29(5,25)26)24-19-8-10-20(11-9-19)28-18(3)4/h8-11,17-18H,6-7,12-16H2,1-5H3,(H2,22,23,24). The van der Waals surface area contributed by atoms with Crippen LogP contribution in [0.4, 0.5) is 5.69 Å². The normalized spacial score (nSPS) is 12.4. The highest BCUT2D eigenvalue weighted by atomic mass is 32.2. The minimum Gasteiger partial charge on any atom is -0.491 e. The van der Waals surface area contributed by atoms with Gasteiger partial charge in [-0.25, -0.2) is 8.42 Å². The summed E-state index contributed by atoms with van der Waals surface area (Å²) in [6, 6.07) is 7.67. The van der Waals surface area contributed by atoms with E-state index >= 15 is 0 Å². The van der Waals surface area contributed by atoms with E-state index in [9.17, 15) is 8.42 Å². The Bertz CT molecular complexity index is 701. The third-order valence-electron chi connectivity index (χ3n) is 3.64. The predicted molar refractivity (Wildman–Crippen MR) is 121 cm³/mol. The summed E-state index contributed by atoms with van der Waals surface area (Å²) < 4.78 is 33.8. The van der Waals surface area contributed by atoms with E-state index in [1.165, 1.54) is 6.26 Å². The summed E-state index contributed by atoms with van der Waals surface area (Å²) in [6.07, 6.45) is 2.72.